The second-order valence-electron chi connectivity index (χ2n) is 8.78. The number of amides is 1. The van der Waals surface area contributed by atoms with Crippen LogP contribution in [0.2, 0.25) is 5.02 Å². The summed E-state index contributed by atoms with van der Waals surface area (Å²) in [5.41, 5.74) is 4.83. The molecule has 0 aliphatic rings. The maximum atomic E-state index is 11.9. The molecule has 5 heteroatoms. The van der Waals surface area contributed by atoms with Crippen molar-refractivity contribution >= 4 is 23.7 Å². The second-order valence-corrected chi connectivity index (χ2v) is 9.22. The van der Waals surface area contributed by atoms with Crippen molar-refractivity contribution in [3.05, 3.63) is 64.7 Å². The maximum Gasteiger partial charge on any atom is 0.277 e. The SMILES string of the molecule is CC(C)(C)CC(C)(C)c1ccc(OCC(=O)N/N=C\c2cccc(Cl)c2)cc1. The highest BCUT2D eigenvalue weighted by molar-refractivity contribution is 6.30. The van der Waals surface area contributed by atoms with Crippen molar-refractivity contribution in [3.8, 4) is 5.75 Å². The fourth-order valence-electron chi connectivity index (χ4n) is 3.38. The molecule has 0 unspecified atom stereocenters. The summed E-state index contributed by atoms with van der Waals surface area (Å²) in [5.74, 6) is 0.333. The quantitative estimate of drug-likeness (QED) is 0.487. The Morgan fingerprint density at radius 3 is 2.39 bits per heavy atom. The van der Waals surface area contributed by atoms with E-state index in [0.29, 0.717) is 10.8 Å². The minimum Gasteiger partial charge on any atom is -0.484 e. The van der Waals surface area contributed by atoms with E-state index in [1.807, 2.05) is 24.3 Å². The average Bonchev–Trinajstić information content (AvgIpc) is 2.58. The summed E-state index contributed by atoms with van der Waals surface area (Å²) in [7, 11) is 0. The number of halogens is 1. The van der Waals surface area contributed by atoms with Gasteiger partial charge in [-0.25, -0.2) is 5.43 Å². The first-order valence-corrected chi connectivity index (χ1v) is 9.74. The first-order chi connectivity index (χ1) is 13.0. The van der Waals surface area contributed by atoms with Gasteiger partial charge in [-0.15, -0.1) is 0 Å². The Bertz CT molecular complexity index is 821. The van der Waals surface area contributed by atoms with Crippen LogP contribution in [-0.2, 0) is 10.2 Å². The van der Waals surface area contributed by atoms with E-state index in [1.54, 1.807) is 12.1 Å². The summed E-state index contributed by atoms with van der Waals surface area (Å²) < 4.78 is 5.55. The van der Waals surface area contributed by atoms with E-state index in [9.17, 15) is 4.79 Å². The van der Waals surface area contributed by atoms with Gasteiger partial charge in [-0.1, -0.05) is 70.5 Å². The van der Waals surface area contributed by atoms with Gasteiger partial charge in [0, 0.05) is 5.02 Å². The van der Waals surface area contributed by atoms with Crippen LogP contribution in [0.15, 0.2) is 53.6 Å². The van der Waals surface area contributed by atoms with Gasteiger partial charge in [0.2, 0.25) is 0 Å². The first kappa shape index (κ1) is 22.0. The molecule has 0 aromatic heterocycles. The van der Waals surface area contributed by atoms with Gasteiger partial charge < -0.3 is 4.74 Å². The fourth-order valence-corrected chi connectivity index (χ4v) is 3.58. The van der Waals surface area contributed by atoms with Crippen LogP contribution in [0.25, 0.3) is 0 Å². The molecule has 0 aliphatic heterocycles. The van der Waals surface area contributed by atoms with Crippen molar-refractivity contribution in [3.63, 3.8) is 0 Å². The number of rotatable bonds is 7. The summed E-state index contributed by atoms with van der Waals surface area (Å²) in [6.07, 6.45) is 2.61. The van der Waals surface area contributed by atoms with Gasteiger partial charge in [-0.05, 0) is 52.6 Å². The fraction of sp³-hybridized carbons (Fsp3) is 0.391. The van der Waals surface area contributed by atoms with Crippen LogP contribution < -0.4 is 10.2 Å². The Kier molecular flexibility index (Phi) is 7.25. The lowest BCUT2D eigenvalue weighted by molar-refractivity contribution is -0.123. The Hall–Kier alpha value is -2.33. The number of ether oxygens (including phenoxy) is 1. The molecule has 0 fully saturated rings. The molecule has 0 atom stereocenters. The Morgan fingerprint density at radius 2 is 1.79 bits per heavy atom. The molecule has 0 bridgehead atoms. The van der Waals surface area contributed by atoms with Gasteiger partial charge in [0.1, 0.15) is 5.75 Å². The van der Waals surface area contributed by atoms with E-state index in [-0.39, 0.29) is 23.3 Å². The van der Waals surface area contributed by atoms with Crippen LogP contribution in [0.5, 0.6) is 5.75 Å². The molecule has 0 aliphatic carbocycles. The average molecular weight is 401 g/mol. The number of hydrazone groups is 1. The van der Waals surface area contributed by atoms with Crippen LogP contribution >= 0.6 is 11.6 Å². The zero-order chi connectivity index (χ0) is 20.8. The summed E-state index contributed by atoms with van der Waals surface area (Å²) in [4.78, 5) is 11.9. The molecule has 0 saturated carbocycles. The Balaban J connectivity index is 1.85. The molecule has 28 heavy (non-hydrogen) atoms. The van der Waals surface area contributed by atoms with E-state index >= 15 is 0 Å². The highest BCUT2D eigenvalue weighted by atomic mass is 35.5. The van der Waals surface area contributed by atoms with Crippen molar-refractivity contribution < 1.29 is 9.53 Å². The summed E-state index contributed by atoms with van der Waals surface area (Å²) in [6, 6.07) is 15.1. The number of nitrogens with zero attached hydrogens (tertiary/aromatic N) is 1. The summed E-state index contributed by atoms with van der Waals surface area (Å²) in [5, 5.41) is 4.53. The Morgan fingerprint density at radius 1 is 1.11 bits per heavy atom. The number of benzene rings is 2. The van der Waals surface area contributed by atoms with Gasteiger partial charge in [0.05, 0.1) is 6.21 Å². The van der Waals surface area contributed by atoms with Crippen LogP contribution in [-0.4, -0.2) is 18.7 Å². The highest BCUT2D eigenvalue weighted by Crippen LogP contribution is 2.36. The van der Waals surface area contributed by atoms with Gasteiger partial charge >= 0.3 is 0 Å². The third-order valence-corrected chi connectivity index (χ3v) is 4.46. The standard InChI is InChI=1S/C23H29ClN2O2/c1-22(2,3)16-23(4,5)18-9-11-20(12-10-18)28-15-21(27)26-25-14-17-7-6-8-19(24)13-17/h6-14H,15-16H2,1-5H3,(H,26,27)/b25-14-. The van der Waals surface area contributed by atoms with Crippen LogP contribution in [0.3, 0.4) is 0 Å². The minimum atomic E-state index is -0.324. The van der Waals surface area contributed by atoms with Gasteiger partial charge in [0.15, 0.2) is 6.61 Å². The van der Waals surface area contributed by atoms with E-state index in [0.717, 1.165) is 12.0 Å². The Labute approximate surface area is 172 Å². The minimum absolute atomic E-state index is 0.0726. The van der Waals surface area contributed by atoms with Crippen molar-refractivity contribution in [1.29, 1.82) is 0 Å². The molecule has 2 aromatic rings. The smallest absolute Gasteiger partial charge is 0.277 e. The molecule has 2 aromatic carbocycles. The van der Waals surface area contributed by atoms with E-state index in [1.165, 1.54) is 11.8 Å². The predicted octanol–water partition coefficient (Wildman–Crippen LogP) is 5.58. The zero-order valence-corrected chi connectivity index (χ0v) is 18.0. The highest BCUT2D eigenvalue weighted by Gasteiger charge is 2.27. The number of hydrogen-bond acceptors (Lipinski definition) is 3. The number of hydrogen-bond donors (Lipinski definition) is 1. The van der Waals surface area contributed by atoms with Gasteiger partial charge in [-0.2, -0.15) is 5.10 Å². The molecule has 2 rings (SSSR count). The lowest BCUT2D eigenvalue weighted by atomic mass is 9.72. The van der Waals surface area contributed by atoms with Crippen molar-refractivity contribution in [2.75, 3.05) is 6.61 Å². The normalized spacial score (nSPS) is 12.2. The van der Waals surface area contributed by atoms with Crippen LogP contribution in [0.4, 0.5) is 0 Å². The van der Waals surface area contributed by atoms with Crippen molar-refractivity contribution in [1.82, 2.24) is 5.43 Å². The number of carbonyl (C=O) groups excluding carboxylic acids is 1. The molecule has 4 nitrogen and oxygen atoms in total. The number of nitrogens with one attached hydrogen (secondary N) is 1. The maximum absolute atomic E-state index is 11.9. The zero-order valence-electron chi connectivity index (χ0n) is 17.3. The molecule has 1 N–H and O–H groups in total. The molecular weight excluding hydrogens is 372 g/mol. The molecule has 0 saturated heterocycles. The lowest BCUT2D eigenvalue weighted by Gasteiger charge is -2.33. The summed E-state index contributed by atoms with van der Waals surface area (Å²) in [6.45, 7) is 11.1. The van der Waals surface area contributed by atoms with Crippen molar-refractivity contribution in [2.45, 2.75) is 46.5 Å². The molecule has 0 radical (unpaired) electrons. The van der Waals surface area contributed by atoms with E-state index in [4.69, 9.17) is 16.3 Å². The number of carbonyl (C=O) groups is 1. The third-order valence-electron chi connectivity index (χ3n) is 4.23. The molecule has 0 heterocycles. The first-order valence-electron chi connectivity index (χ1n) is 9.36. The van der Waals surface area contributed by atoms with E-state index in [2.05, 4.69) is 57.3 Å². The molecule has 0 spiro atoms. The third kappa shape index (κ3) is 7.35. The topological polar surface area (TPSA) is 50.7 Å². The lowest BCUT2D eigenvalue weighted by Crippen LogP contribution is -2.25. The predicted molar refractivity (Wildman–Crippen MR) is 116 cm³/mol. The second kappa shape index (κ2) is 9.24. The summed E-state index contributed by atoms with van der Waals surface area (Å²) >= 11 is 5.91. The van der Waals surface area contributed by atoms with Crippen LogP contribution in [0, 0.1) is 5.41 Å². The van der Waals surface area contributed by atoms with Crippen molar-refractivity contribution in [2.24, 2.45) is 10.5 Å². The van der Waals surface area contributed by atoms with Gasteiger partial charge in [0.25, 0.3) is 5.91 Å². The molecule has 1 amide bonds. The molecule has 150 valence electrons. The van der Waals surface area contributed by atoms with Gasteiger partial charge in [-0.3, -0.25) is 4.79 Å². The van der Waals surface area contributed by atoms with E-state index < -0.39 is 0 Å². The van der Waals surface area contributed by atoms with Crippen LogP contribution in [0.1, 0.15) is 52.2 Å². The largest absolute Gasteiger partial charge is 0.484 e. The monoisotopic (exact) mass is 400 g/mol. The molecular formula is C23H29ClN2O2.